The largest absolute Gasteiger partial charge is 0.330 e. The highest BCUT2D eigenvalue weighted by molar-refractivity contribution is 5.16. The standard InChI is InChI=1S/C10H21N/c1-7(2)10(5)8(6-11)9(10,3)4/h7-8H,6,11H2,1-5H3. The number of rotatable bonds is 2. The Morgan fingerprint density at radius 1 is 1.27 bits per heavy atom. The molecule has 1 fully saturated rings. The molecule has 11 heavy (non-hydrogen) atoms. The molecule has 1 saturated carbocycles. The van der Waals surface area contributed by atoms with Crippen LogP contribution in [0.5, 0.6) is 0 Å². The summed E-state index contributed by atoms with van der Waals surface area (Å²) >= 11 is 0. The van der Waals surface area contributed by atoms with Crippen molar-refractivity contribution in [2.24, 2.45) is 28.4 Å². The van der Waals surface area contributed by atoms with Gasteiger partial charge in [0.2, 0.25) is 0 Å². The van der Waals surface area contributed by atoms with E-state index in [1.165, 1.54) is 0 Å². The van der Waals surface area contributed by atoms with Gasteiger partial charge in [-0.2, -0.15) is 0 Å². The van der Waals surface area contributed by atoms with E-state index in [0.29, 0.717) is 10.8 Å². The Kier molecular flexibility index (Phi) is 1.83. The Labute approximate surface area is 70.4 Å². The van der Waals surface area contributed by atoms with Crippen LogP contribution in [-0.4, -0.2) is 6.54 Å². The van der Waals surface area contributed by atoms with Gasteiger partial charge in [0.05, 0.1) is 0 Å². The van der Waals surface area contributed by atoms with E-state index in [2.05, 4.69) is 34.6 Å². The molecule has 1 aliphatic rings. The number of hydrogen-bond donors (Lipinski definition) is 1. The van der Waals surface area contributed by atoms with E-state index in [1.807, 2.05) is 0 Å². The minimum atomic E-state index is 0.468. The summed E-state index contributed by atoms with van der Waals surface area (Å²) in [5, 5.41) is 0. The van der Waals surface area contributed by atoms with Crippen LogP contribution in [0.25, 0.3) is 0 Å². The minimum absolute atomic E-state index is 0.468. The van der Waals surface area contributed by atoms with Crippen molar-refractivity contribution >= 4 is 0 Å². The summed E-state index contributed by atoms with van der Waals surface area (Å²) < 4.78 is 0. The summed E-state index contributed by atoms with van der Waals surface area (Å²) in [5.41, 5.74) is 6.68. The lowest BCUT2D eigenvalue weighted by atomic mass is 9.86. The predicted octanol–water partition coefficient (Wildman–Crippen LogP) is 2.26. The van der Waals surface area contributed by atoms with Gasteiger partial charge in [0, 0.05) is 0 Å². The van der Waals surface area contributed by atoms with Crippen LogP contribution in [0.1, 0.15) is 34.6 Å². The van der Waals surface area contributed by atoms with Gasteiger partial charge in [0.1, 0.15) is 0 Å². The Hall–Kier alpha value is -0.0400. The molecule has 0 bridgehead atoms. The van der Waals surface area contributed by atoms with E-state index in [-0.39, 0.29) is 0 Å². The normalized spacial score (nSPS) is 41.2. The predicted molar refractivity (Wildman–Crippen MR) is 49.3 cm³/mol. The molecule has 0 aromatic heterocycles. The lowest BCUT2D eigenvalue weighted by Crippen LogP contribution is -2.14. The summed E-state index contributed by atoms with van der Waals surface area (Å²) in [6.07, 6.45) is 0. The van der Waals surface area contributed by atoms with Crippen molar-refractivity contribution in [1.29, 1.82) is 0 Å². The van der Waals surface area contributed by atoms with E-state index in [1.54, 1.807) is 0 Å². The zero-order valence-corrected chi connectivity index (χ0v) is 8.44. The zero-order valence-electron chi connectivity index (χ0n) is 8.44. The van der Waals surface area contributed by atoms with Crippen LogP contribution in [-0.2, 0) is 0 Å². The Bertz CT molecular complexity index is 160. The molecule has 2 unspecified atom stereocenters. The minimum Gasteiger partial charge on any atom is -0.330 e. The van der Waals surface area contributed by atoms with Crippen LogP contribution < -0.4 is 5.73 Å². The van der Waals surface area contributed by atoms with Crippen molar-refractivity contribution in [3.05, 3.63) is 0 Å². The first-order valence-electron chi connectivity index (χ1n) is 4.59. The Balaban J connectivity index is 2.78. The van der Waals surface area contributed by atoms with Gasteiger partial charge in [-0.25, -0.2) is 0 Å². The first kappa shape index (κ1) is 9.05. The Morgan fingerprint density at radius 3 is 1.82 bits per heavy atom. The summed E-state index contributed by atoms with van der Waals surface area (Å²) in [4.78, 5) is 0. The lowest BCUT2D eigenvalue weighted by Gasteiger charge is -2.18. The molecule has 66 valence electrons. The highest BCUT2D eigenvalue weighted by Gasteiger charge is 2.67. The van der Waals surface area contributed by atoms with Crippen LogP contribution in [0, 0.1) is 22.7 Å². The average Bonchev–Trinajstić information content (AvgIpc) is 2.29. The maximum atomic E-state index is 5.72. The van der Waals surface area contributed by atoms with Gasteiger partial charge in [-0.3, -0.25) is 0 Å². The maximum absolute atomic E-state index is 5.72. The van der Waals surface area contributed by atoms with Crippen molar-refractivity contribution in [3.63, 3.8) is 0 Å². The number of hydrogen-bond acceptors (Lipinski definition) is 1. The van der Waals surface area contributed by atoms with Gasteiger partial charge in [-0.05, 0) is 29.2 Å². The van der Waals surface area contributed by atoms with E-state index in [4.69, 9.17) is 5.73 Å². The molecule has 1 aliphatic carbocycles. The van der Waals surface area contributed by atoms with Gasteiger partial charge in [0.25, 0.3) is 0 Å². The molecule has 1 heteroatoms. The van der Waals surface area contributed by atoms with Gasteiger partial charge < -0.3 is 5.73 Å². The molecule has 2 atom stereocenters. The van der Waals surface area contributed by atoms with E-state index >= 15 is 0 Å². The molecule has 1 rings (SSSR count). The van der Waals surface area contributed by atoms with E-state index in [0.717, 1.165) is 18.4 Å². The Morgan fingerprint density at radius 2 is 1.73 bits per heavy atom. The molecule has 2 N–H and O–H groups in total. The smallest absolute Gasteiger partial charge is 0.00380 e. The van der Waals surface area contributed by atoms with Crippen LogP contribution in [0.3, 0.4) is 0 Å². The molecule has 0 heterocycles. The summed E-state index contributed by atoms with van der Waals surface area (Å²) in [7, 11) is 0. The molecule has 0 radical (unpaired) electrons. The highest BCUT2D eigenvalue weighted by atomic mass is 14.8. The van der Waals surface area contributed by atoms with Crippen LogP contribution >= 0.6 is 0 Å². The van der Waals surface area contributed by atoms with Crippen LogP contribution in [0.2, 0.25) is 0 Å². The summed E-state index contributed by atoms with van der Waals surface area (Å²) in [5.74, 6) is 1.49. The lowest BCUT2D eigenvalue weighted by molar-refractivity contribution is 0.303. The third-order valence-corrected chi connectivity index (χ3v) is 4.34. The molecule has 0 saturated heterocycles. The quantitative estimate of drug-likeness (QED) is 0.650. The van der Waals surface area contributed by atoms with Crippen LogP contribution in [0.4, 0.5) is 0 Å². The molecule has 0 aromatic rings. The third kappa shape index (κ3) is 0.868. The summed E-state index contributed by atoms with van der Waals surface area (Å²) in [6.45, 7) is 12.5. The monoisotopic (exact) mass is 155 g/mol. The SMILES string of the molecule is CC(C)C1(C)C(CN)C1(C)C. The third-order valence-electron chi connectivity index (χ3n) is 4.34. The molecule has 0 spiro atoms. The van der Waals surface area contributed by atoms with E-state index < -0.39 is 0 Å². The van der Waals surface area contributed by atoms with Crippen molar-refractivity contribution < 1.29 is 0 Å². The fourth-order valence-corrected chi connectivity index (χ4v) is 2.82. The molecular weight excluding hydrogens is 134 g/mol. The van der Waals surface area contributed by atoms with Gasteiger partial charge in [-0.15, -0.1) is 0 Å². The molecule has 0 amide bonds. The molecule has 0 aromatic carbocycles. The average molecular weight is 155 g/mol. The van der Waals surface area contributed by atoms with Crippen molar-refractivity contribution in [3.8, 4) is 0 Å². The maximum Gasteiger partial charge on any atom is -0.00380 e. The second-order valence-corrected chi connectivity index (χ2v) is 4.95. The van der Waals surface area contributed by atoms with Gasteiger partial charge >= 0.3 is 0 Å². The first-order valence-corrected chi connectivity index (χ1v) is 4.59. The van der Waals surface area contributed by atoms with Crippen LogP contribution in [0.15, 0.2) is 0 Å². The first-order chi connectivity index (χ1) is 4.89. The fraction of sp³-hybridized carbons (Fsp3) is 1.00. The zero-order chi connectivity index (χ0) is 8.86. The van der Waals surface area contributed by atoms with Crippen molar-refractivity contribution in [1.82, 2.24) is 0 Å². The van der Waals surface area contributed by atoms with E-state index in [9.17, 15) is 0 Å². The highest BCUT2D eigenvalue weighted by Crippen LogP contribution is 2.71. The van der Waals surface area contributed by atoms with Gasteiger partial charge in [-0.1, -0.05) is 34.6 Å². The molecule has 0 aliphatic heterocycles. The molecular formula is C10H21N. The fourth-order valence-electron chi connectivity index (χ4n) is 2.82. The second kappa shape index (κ2) is 2.22. The van der Waals surface area contributed by atoms with Gasteiger partial charge in [0.15, 0.2) is 0 Å². The van der Waals surface area contributed by atoms with Crippen molar-refractivity contribution in [2.45, 2.75) is 34.6 Å². The summed E-state index contributed by atoms with van der Waals surface area (Å²) in [6, 6.07) is 0. The molecule has 1 nitrogen and oxygen atoms in total. The second-order valence-electron chi connectivity index (χ2n) is 4.95. The van der Waals surface area contributed by atoms with Crippen molar-refractivity contribution in [2.75, 3.05) is 6.54 Å². The topological polar surface area (TPSA) is 26.0 Å². The number of nitrogens with two attached hydrogens (primary N) is 1.